The smallest absolute Gasteiger partial charge is 0.338 e. The average Bonchev–Trinajstić information content (AvgIpc) is 3.21. The fraction of sp³-hybridized carbons (Fsp3) is 0.333. The van der Waals surface area contributed by atoms with E-state index in [4.69, 9.17) is 21.1 Å². The molecule has 2 aliphatic heterocycles. The molecule has 1 aromatic carbocycles. The predicted octanol–water partition coefficient (Wildman–Crippen LogP) is 2.76. The first-order valence-electron chi connectivity index (χ1n) is 8.49. The van der Waals surface area contributed by atoms with Crippen LogP contribution in [0.25, 0.3) is 11.2 Å². The Morgan fingerprint density at radius 1 is 1.33 bits per heavy atom. The lowest BCUT2D eigenvalue weighted by molar-refractivity contribution is -0.0392. The minimum atomic E-state index is -0.465. The highest BCUT2D eigenvalue weighted by Crippen LogP contribution is 2.52. The van der Waals surface area contributed by atoms with E-state index in [1.54, 1.807) is 30.2 Å². The van der Waals surface area contributed by atoms with E-state index in [0.29, 0.717) is 28.5 Å². The molecule has 138 valence electrons. The number of benzene rings is 1. The van der Waals surface area contributed by atoms with Gasteiger partial charge in [-0.2, -0.15) is 0 Å². The molecule has 9 heteroatoms. The first kappa shape index (κ1) is 17.0. The number of thioether (sulfide) groups is 1. The normalized spacial score (nSPS) is 26.6. The van der Waals surface area contributed by atoms with E-state index in [1.807, 2.05) is 22.8 Å². The summed E-state index contributed by atoms with van der Waals surface area (Å²) in [6.45, 7) is 0.741. The van der Waals surface area contributed by atoms with Gasteiger partial charge in [-0.3, -0.25) is 0 Å². The third kappa shape index (κ3) is 2.70. The summed E-state index contributed by atoms with van der Waals surface area (Å²) in [7, 11) is 0. The van der Waals surface area contributed by atoms with Crippen LogP contribution in [0.5, 0.6) is 0 Å². The van der Waals surface area contributed by atoms with Crippen LogP contribution in [0.3, 0.4) is 0 Å². The molecule has 4 heterocycles. The lowest BCUT2D eigenvalue weighted by Crippen LogP contribution is -2.55. The quantitative estimate of drug-likeness (QED) is 0.490. The standard InChI is InChI=1S/C18H15ClN4O3S/c19-15-13-16(21-9-20-15)23(10-22-13)12-6-26-18(8-27-14(12)18)7-25-17(24)11-4-2-1-3-5-11/h1-5,9-10,12,14H,6-8H2/t12-,14+,18+/m1/s1. The molecule has 2 aromatic heterocycles. The Bertz CT molecular complexity index is 1010. The molecule has 0 N–H and O–H groups in total. The van der Waals surface area contributed by atoms with Gasteiger partial charge in [0.1, 0.15) is 24.1 Å². The fourth-order valence-corrected chi connectivity index (χ4v) is 5.24. The van der Waals surface area contributed by atoms with Gasteiger partial charge in [0.25, 0.3) is 0 Å². The minimum Gasteiger partial charge on any atom is -0.459 e. The lowest BCUT2D eigenvalue weighted by atomic mass is 9.98. The van der Waals surface area contributed by atoms with Gasteiger partial charge in [-0.1, -0.05) is 29.8 Å². The maximum absolute atomic E-state index is 12.3. The molecule has 7 nitrogen and oxygen atoms in total. The van der Waals surface area contributed by atoms with E-state index < -0.39 is 5.60 Å². The van der Waals surface area contributed by atoms with Crippen molar-refractivity contribution in [2.75, 3.05) is 19.0 Å². The van der Waals surface area contributed by atoms with Gasteiger partial charge in [-0.05, 0) is 12.1 Å². The van der Waals surface area contributed by atoms with Crippen molar-refractivity contribution in [2.45, 2.75) is 16.9 Å². The molecule has 0 unspecified atom stereocenters. The zero-order chi connectivity index (χ0) is 18.4. The van der Waals surface area contributed by atoms with E-state index >= 15 is 0 Å². The van der Waals surface area contributed by atoms with E-state index in [9.17, 15) is 4.79 Å². The van der Waals surface area contributed by atoms with Crippen LogP contribution in [0.1, 0.15) is 16.4 Å². The second-order valence-corrected chi connectivity index (χ2v) is 8.09. The fourth-order valence-electron chi connectivity index (χ4n) is 3.59. The number of nitrogens with zero attached hydrogens (tertiary/aromatic N) is 4. The first-order chi connectivity index (χ1) is 13.2. The number of hydrogen-bond donors (Lipinski definition) is 0. The number of halogens is 1. The molecule has 3 aromatic rings. The number of carbonyl (C=O) groups excluding carboxylic acids is 1. The molecular weight excluding hydrogens is 388 g/mol. The Kier molecular flexibility index (Phi) is 4.07. The van der Waals surface area contributed by atoms with E-state index in [0.717, 1.165) is 5.75 Å². The first-order valence-corrected chi connectivity index (χ1v) is 9.91. The Morgan fingerprint density at radius 3 is 2.96 bits per heavy atom. The third-order valence-electron chi connectivity index (χ3n) is 5.05. The summed E-state index contributed by atoms with van der Waals surface area (Å²) in [6, 6.07) is 9.03. The number of imidazole rings is 1. The van der Waals surface area contributed by atoms with Gasteiger partial charge in [0.2, 0.25) is 0 Å². The van der Waals surface area contributed by atoms with Gasteiger partial charge in [-0.25, -0.2) is 19.7 Å². The second-order valence-electron chi connectivity index (χ2n) is 6.61. The molecule has 3 atom stereocenters. The van der Waals surface area contributed by atoms with Gasteiger partial charge in [0.15, 0.2) is 10.8 Å². The molecule has 0 bridgehead atoms. The van der Waals surface area contributed by atoms with Crippen molar-refractivity contribution < 1.29 is 14.3 Å². The van der Waals surface area contributed by atoms with Crippen molar-refractivity contribution in [1.29, 1.82) is 0 Å². The van der Waals surface area contributed by atoms with Crippen molar-refractivity contribution in [1.82, 2.24) is 19.5 Å². The SMILES string of the molecule is O=C(OC[C@]12CS[C@H]1[C@H](n1cnc3c(Cl)ncnc31)CO2)c1ccccc1. The molecule has 2 fully saturated rings. The molecule has 0 radical (unpaired) electrons. The van der Waals surface area contributed by atoms with Gasteiger partial charge < -0.3 is 14.0 Å². The average molecular weight is 403 g/mol. The molecule has 2 saturated heterocycles. The number of esters is 1. The van der Waals surface area contributed by atoms with Gasteiger partial charge in [-0.15, -0.1) is 11.8 Å². The van der Waals surface area contributed by atoms with Gasteiger partial charge in [0, 0.05) is 5.75 Å². The summed E-state index contributed by atoms with van der Waals surface area (Å²) in [5.41, 5.74) is 1.34. The number of fused-ring (bicyclic) bond motifs is 2. The Hall–Kier alpha value is -2.16. The van der Waals surface area contributed by atoms with Crippen molar-refractivity contribution in [3.05, 3.63) is 53.7 Å². The summed E-state index contributed by atoms with van der Waals surface area (Å²) < 4.78 is 13.7. The van der Waals surface area contributed by atoms with Crippen LogP contribution in [-0.4, -0.2) is 55.3 Å². The molecule has 5 rings (SSSR count). The number of hydrogen-bond acceptors (Lipinski definition) is 7. The Labute approximate surface area is 164 Å². The highest BCUT2D eigenvalue weighted by Gasteiger charge is 2.59. The van der Waals surface area contributed by atoms with Crippen LogP contribution in [-0.2, 0) is 9.47 Å². The summed E-state index contributed by atoms with van der Waals surface area (Å²) in [5.74, 6) is 0.457. The molecule has 0 aliphatic carbocycles. The van der Waals surface area contributed by atoms with Crippen molar-refractivity contribution >= 4 is 40.5 Å². The van der Waals surface area contributed by atoms with Crippen LogP contribution < -0.4 is 0 Å². The maximum Gasteiger partial charge on any atom is 0.338 e. The summed E-state index contributed by atoms with van der Waals surface area (Å²) >= 11 is 7.91. The number of aromatic nitrogens is 4. The van der Waals surface area contributed by atoms with E-state index in [-0.39, 0.29) is 23.9 Å². The Balaban J connectivity index is 1.34. The van der Waals surface area contributed by atoms with Crippen molar-refractivity contribution in [3.8, 4) is 0 Å². The van der Waals surface area contributed by atoms with Gasteiger partial charge >= 0.3 is 5.97 Å². The Morgan fingerprint density at radius 2 is 2.19 bits per heavy atom. The highest BCUT2D eigenvalue weighted by atomic mass is 35.5. The number of rotatable bonds is 4. The summed E-state index contributed by atoms with van der Waals surface area (Å²) in [4.78, 5) is 24.9. The number of carbonyl (C=O) groups is 1. The van der Waals surface area contributed by atoms with Crippen LogP contribution in [0, 0.1) is 0 Å². The topological polar surface area (TPSA) is 79.1 Å². The van der Waals surface area contributed by atoms with Crippen LogP contribution >= 0.6 is 23.4 Å². The van der Waals surface area contributed by atoms with Crippen LogP contribution in [0.15, 0.2) is 43.0 Å². The van der Waals surface area contributed by atoms with E-state index in [1.165, 1.54) is 6.33 Å². The van der Waals surface area contributed by atoms with Crippen LogP contribution in [0.4, 0.5) is 0 Å². The molecule has 0 saturated carbocycles. The lowest BCUT2D eigenvalue weighted by Gasteiger charge is -2.43. The minimum absolute atomic E-state index is 0.0511. The summed E-state index contributed by atoms with van der Waals surface area (Å²) in [5, 5.41) is 0.495. The largest absolute Gasteiger partial charge is 0.459 e. The zero-order valence-electron chi connectivity index (χ0n) is 14.1. The predicted molar refractivity (Wildman–Crippen MR) is 101 cm³/mol. The van der Waals surface area contributed by atoms with Gasteiger partial charge in [0.05, 0.1) is 29.8 Å². The molecule has 2 aliphatic rings. The van der Waals surface area contributed by atoms with Crippen LogP contribution in [0.2, 0.25) is 5.15 Å². The molecular formula is C18H15ClN4O3S. The monoisotopic (exact) mass is 402 g/mol. The van der Waals surface area contributed by atoms with E-state index in [2.05, 4.69) is 15.0 Å². The molecule has 27 heavy (non-hydrogen) atoms. The summed E-state index contributed by atoms with van der Waals surface area (Å²) in [6.07, 6.45) is 3.16. The van der Waals surface area contributed by atoms with Crippen molar-refractivity contribution in [2.24, 2.45) is 0 Å². The highest BCUT2D eigenvalue weighted by molar-refractivity contribution is 8.01. The number of ether oxygens (including phenoxy) is 2. The molecule has 0 spiro atoms. The second kappa shape index (κ2) is 6.47. The maximum atomic E-state index is 12.3. The molecule has 0 amide bonds. The van der Waals surface area contributed by atoms with Crippen molar-refractivity contribution in [3.63, 3.8) is 0 Å². The zero-order valence-corrected chi connectivity index (χ0v) is 15.7. The third-order valence-corrected chi connectivity index (χ3v) is 7.08.